The number of nitrogens with one attached hydrogen (secondary N) is 3. The molecule has 0 bridgehead atoms. The Morgan fingerprint density at radius 2 is 2.00 bits per heavy atom. The fourth-order valence-corrected chi connectivity index (χ4v) is 3.94. The molecule has 1 aliphatic rings. The highest BCUT2D eigenvalue weighted by Gasteiger charge is 2.25. The van der Waals surface area contributed by atoms with Gasteiger partial charge in [-0.25, -0.2) is 4.79 Å². The summed E-state index contributed by atoms with van der Waals surface area (Å²) in [4.78, 5) is 28.9. The number of amidine groups is 1. The summed E-state index contributed by atoms with van der Waals surface area (Å²) < 4.78 is 15.6. The average molecular weight is 528 g/mol. The largest absolute Gasteiger partial charge is 0.496 e. The summed E-state index contributed by atoms with van der Waals surface area (Å²) in [5.74, 6) is 0.535. The van der Waals surface area contributed by atoms with Gasteiger partial charge in [0.2, 0.25) is 0 Å². The van der Waals surface area contributed by atoms with Crippen molar-refractivity contribution in [3.05, 3.63) is 64.9 Å². The van der Waals surface area contributed by atoms with Gasteiger partial charge in [-0.2, -0.15) is 0 Å². The van der Waals surface area contributed by atoms with E-state index in [9.17, 15) is 9.59 Å². The van der Waals surface area contributed by atoms with E-state index >= 15 is 0 Å². The van der Waals surface area contributed by atoms with E-state index in [1.54, 1.807) is 30.2 Å². The van der Waals surface area contributed by atoms with Crippen LogP contribution in [0.1, 0.15) is 34.8 Å². The minimum absolute atomic E-state index is 0.188. The molecule has 0 saturated carbocycles. The van der Waals surface area contributed by atoms with E-state index in [4.69, 9.17) is 19.6 Å². The molecule has 0 fully saturated rings. The molecule has 1 heterocycles. The number of methoxy groups -OCH3 is 2. The third-order valence-electron chi connectivity index (χ3n) is 6.14. The van der Waals surface area contributed by atoms with Gasteiger partial charge in [0.1, 0.15) is 18.2 Å². The van der Waals surface area contributed by atoms with Gasteiger partial charge in [0.05, 0.1) is 19.3 Å². The van der Waals surface area contributed by atoms with E-state index in [1.165, 1.54) is 7.11 Å². The Balaban J connectivity index is 2.03. The number of carbonyl (C=O) groups excluding carboxylic acids is 2. The molecule has 10 nitrogen and oxygen atoms in total. The number of benzene rings is 1. The van der Waals surface area contributed by atoms with Crippen LogP contribution in [0.5, 0.6) is 5.75 Å². The molecule has 0 saturated heterocycles. The Labute approximate surface area is 225 Å². The topological polar surface area (TPSA) is 116 Å². The lowest BCUT2D eigenvalue weighted by Crippen LogP contribution is -2.37. The monoisotopic (exact) mass is 527 g/mol. The molecule has 0 spiro atoms. The zero-order valence-electron chi connectivity index (χ0n) is 23.2. The first-order chi connectivity index (χ1) is 18.2. The third-order valence-corrected chi connectivity index (χ3v) is 6.14. The second-order valence-corrected chi connectivity index (χ2v) is 9.02. The molecule has 38 heavy (non-hydrogen) atoms. The summed E-state index contributed by atoms with van der Waals surface area (Å²) in [6, 6.07) is 3.60. The Morgan fingerprint density at radius 1 is 1.24 bits per heavy atom. The van der Waals surface area contributed by atoms with Crippen molar-refractivity contribution >= 4 is 17.8 Å². The molecule has 10 heteroatoms. The lowest BCUT2D eigenvalue weighted by molar-refractivity contribution is 0.0688. The summed E-state index contributed by atoms with van der Waals surface area (Å²) in [6.45, 7) is 8.86. The van der Waals surface area contributed by atoms with Crippen molar-refractivity contribution in [1.82, 2.24) is 20.4 Å². The maximum Gasteiger partial charge on any atom is 0.410 e. The van der Waals surface area contributed by atoms with Crippen molar-refractivity contribution in [3.8, 4) is 5.75 Å². The van der Waals surface area contributed by atoms with E-state index < -0.39 is 6.09 Å². The van der Waals surface area contributed by atoms with Gasteiger partial charge in [-0.15, -0.1) is 0 Å². The predicted octanol–water partition coefficient (Wildman–Crippen LogP) is 3.10. The van der Waals surface area contributed by atoms with E-state index in [2.05, 4.69) is 17.2 Å². The van der Waals surface area contributed by atoms with Crippen LogP contribution in [0.4, 0.5) is 4.79 Å². The van der Waals surface area contributed by atoms with Crippen LogP contribution >= 0.6 is 0 Å². The first-order valence-corrected chi connectivity index (χ1v) is 12.6. The summed E-state index contributed by atoms with van der Waals surface area (Å²) in [5.41, 5.74) is 3.44. The minimum Gasteiger partial charge on any atom is -0.496 e. The van der Waals surface area contributed by atoms with Gasteiger partial charge < -0.3 is 34.6 Å². The van der Waals surface area contributed by atoms with Crippen molar-refractivity contribution in [2.24, 2.45) is 0 Å². The van der Waals surface area contributed by atoms with Crippen LogP contribution in [0, 0.1) is 5.41 Å². The number of hydrogen-bond acceptors (Lipinski definition) is 7. The third kappa shape index (κ3) is 9.04. The predicted molar refractivity (Wildman–Crippen MR) is 149 cm³/mol. The SMILES string of the molecule is C=C(/C=C\C=C(/C)C(=N)N(C)CCCNC)NC(=O)c1cc2c(cc1OC)CCN(C(=O)OCCOC)C2. The van der Waals surface area contributed by atoms with Crippen LogP contribution in [0.15, 0.2) is 48.2 Å². The maximum absolute atomic E-state index is 13.1. The van der Waals surface area contributed by atoms with Crippen LogP contribution in [-0.4, -0.2) is 88.8 Å². The van der Waals surface area contributed by atoms with Crippen molar-refractivity contribution in [1.29, 1.82) is 5.41 Å². The smallest absolute Gasteiger partial charge is 0.410 e. The van der Waals surface area contributed by atoms with Crippen molar-refractivity contribution < 1.29 is 23.8 Å². The number of carbonyl (C=O) groups is 2. The van der Waals surface area contributed by atoms with Gasteiger partial charge in [0.15, 0.2) is 0 Å². The quantitative estimate of drug-likeness (QED) is 0.156. The second-order valence-electron chi connectivity index (χ2n) is 9.02. The molecule has 208 valence electrons. The normalized spacial score (nSPS) is 13.2. The number of amides is 2. The van der Waals surface area contributed by atoms with Crippen LogP contribution in [-0.2, 0) is 22.4 Å². The van der Waals surface area contributed by atoms with E-state index in [-0.39, 0.29) is 12.5 Å². The highest BCUT2D eigenvalue weighted by atomic mass is 16.6. The van der Waals surface area contributed by atoms with Crippen LogP contribution in [0.25, 0.3) is 0 Å². The Morgan fingerprint density at radius 3 is 2.68 bits per heavy atom. The van der Waals surface area contributed by atoms with E-state index in [0.717, 1.165) is 36.2 Å². The first kappa shape index (κ1) is 30.6. The fourth-order valence-electron chi connectivity index (χ4n) is 3.94. The number of fused-ring (bicyclic) bond motifs is 1. The molecule has 3 N–H and O–H groups in total. The maximum atomic E-state index is 13.1. The molecule has 0 aromatic heterocycles. The number of ether oxygens (including phenoxy) is 3. The van der Waals surface area contributed by atoms with Gasteiger partial charge in [-0.05, 0) is 68.3 Å². The van der Waals surface area contributed by atoms with E-state index in [1.807, 2.05) is 38.1 Å². The van der Waals surface area contributed by atoms with Gasteiger partial charge in [0.25, 0.3) is 5.91 Å². The average Bonchev–Trinajstić information content (AvgIpc) is 2.91. The molecule has 1 aromatic carbocycles. The van der Waals surface area contributed by atoms with Gasteiger partial charge in [-0.3, -0.25) is 10.2 Å². The molecule has 0 unspecified atom stereocenters. The van der Waals surface area contributed by atoms with E-state index in [0.29, 0.717) is 49.0 Å². The molecule has 2 amide bonds. The molecular formula is C28H41N5O5. The second kappa shape index (κ2) is 15.6. The van der Waals surface area contributed by atoms with Gasteiger partial charge in [0, 0.05) is 39.5 Å². The molecule has 0 atom stereocenters. The van der Waals surface area contributed by atoms with Gasteiger partial charge >= 0.3 is 6.09 Å². The minimum atomic E-state index is -0.409. The molecule has 0 radical (unpaired) electrons. The summed E-state index contributed by atoms with van der Waals surface area (Å²) in [5, 5.41) is 14.2. The van der Waals surface area contributed by atoms with Crippen molar-refractivity contribution in [3.63, 3.8) is 0 Å². The van der Waals surface area contributed by atoms with Crippen LogP contribution < -0.4 is 15.4 Å². The molecule has 1 aliphatic heterocycles. The number of rotatable bonds is 13. The molecule has 2 rings (SSSR count). The van der Waals surface area contributed by atoms with Crippen LogP contribution in [0.3, 0.4) is 0 Å². The Bertz CT molecular complexity index is 1070. The Hall–Kier alpha value is -3.63. The summed E-state index contributed by atoms with van der Waals surface area (Å²) >= 11 is 0. The number of nitrogens with zero attached hydrogens (tertiary/aromatic N) is 2. The number of likely N-dealkylation sites (N-methyl/N-ethyl adjacent to an activating group) is 1. The van der Waals surface area contributed by atoms with Gasteiger partial charge in [-0.1, -0.05) is 18.7 Å². The number of allylic oxidation sites excluding steroid dienone is 3. The first-order valence-electron chi connectivity index (χ1n) is 12.6. The summed E-state index contributed by atoms with van der Waals surface area (Å²) in [6.07, 6.45) is 6.42. The van der Waals surface area contributed by atoms with Crippen molar-refractivity contribution in [2.45, 2.75) is 26.3 Å². The lowest BCUT2D eigenvalue weighted by atomic mass is 9.96. The highest BCUT2D eigenvalue weighted by molar-refractivity contribution is 5.98. The zero-order chi connectivity index (χ0) is 28.1. The molecule has 0 aliphatic carbocycles. The van der Waals surface area contributed by atoms with Crippen LogP contribution in [0.2, 0.25) is 0 Å². The molecule has 1 aromatic rings. The fraction of sp³-hybridized carbons (Fsp3) is 0.464. The molecular weight excluding hydrogens is 486 g/mol. The van der Waals surface area contributed by atoms with Crippen molar-refractivity contribution in [2.75, 3.05) is 61.2 Å². The lowest BCUT2D eigenvalue weighted by Gasteiger charge is -2.29. The standard InChI is InChI=1S/C28H41N5O5/c1-20(26(29)32(4)13-8-12-30-3)9-7-10-21(2)31-27(34)24-17-23-19-33(28(35)38-16-15-36-5)14-11-22(23)18-25(24)37-6/h7,9-10,17-18,29-30H,2,8,11-16,19H2,1,3-6H3,(H,31,34)/b10-7-,20-9+,29-26?. The number of hydrogen-bond donors (Lipinski definition) is 3. The zero-order valence-corrected chi connectivity index (χ0v) is 23.2. The Kier molecular flexibility index (Phi) is 12.5. The summed E-state index contributed by atoms with van der Waals surface area (Å²) in [7, 11) is 6.88. The highest BCUT2D eigenvalue weighted by Crippen LogP contribution is 2.28.